The van der Waals surface area contributed by atoms with Crippen LogP contribution >= 0.6 is 11.3 Å². The van der Waals surface area contributed by atoms with Crippen LogP contribution in [-0.4, -0.2) is 23.6 Å². The van der Waals surface area contributed by atoms with E-state index in [-0.39, 0.29) is 23.7 Å². The van der Waals surface area contributed by atoms with Crippen LogP contribution in [0.15, 0.2) is 29.6 Å². The minimum Gasteiger partial charge on any atom is -0.378 e. The average Bonchev–Trinajstić information content (AvgIpc) is 3.14. The number of aryl methyl sites for hydroxylation is 1. The monoisotopic (exact) mass is 334 g/mol. The second-order valence-electron chi connectivity index (χ2n) is 5.73. The Morgan fingerprint density at radius 3 is 2.74 bits per heavy atom. The van der Waals surface area contributed by atoms with Crippen LogP contribution in [0.1, 0.15) is 24.0 Å². The third-order valence-electron chi connectivity index (χ3n) is 4.08. The molecular formula is C17H19FN2O2S. The van der Waals surface area contributed by atoms with Gasteiger partial charge in [0.05, 0.1) is 29.3 Å². The van der Waals surface area contributed by atoms with E-state index < -0.39 is 0 Å². The van der Waals surface area contributed by atoms with Gasteiger partial charge < -0.3 is 9.64 Å². The normalized spacial score (nSPS) is 20.7. The number of halogens is 1. The summed E-state index contributed by atoms with van der Waals surface area (Å²) in [4.78, 5) is 19.1. The summed E-state index contributed by atoms with van der Waals surface area (Å²) in [5, 5.41) is 2.91. The van der Waals surface area contributed by atoms with Gasteiger partial charge in [-0.15, -0.1) is 11.3 Å². The van der Waals surface area contributed by atoms with Crippen LogP contribution in [0.25, 0.3) is 0 Å². The Morgan fingerprint density at radius 1 is 1.43 bits per heavy atom. The van der Waals surface area contributed by atoms with Crippen LogP contribution in [0.5, 0.6) is 0 Å². The fraction of sp³-hybridized carbons (Fsp3) is 0.412. The van der Waals surface area contributed by atoms with Crippen molar-refractivity contribution in [3.05, 3.63) is 46.2 Å². The number of aromatic nitrogens is 1. The van der Waals surface area contributed by atoms with Crippen LogP contribution in [0, 0.1) is 18.7 Å². The van der Waals surface area contributed by atoms with Gasteiger partial charge in [0.1, 0.15) is 5.82 Å². The Hall–Kier alpha value is -1.79. The molecule has 23 heavy (non-hydrogen) atoms. The minimum atomic E-state index is -0.316. The molecule has 122 valence electrons. The maximum absolute atomic E-state index is 13.2. The molecule has 6 heteroatoms. The Balaban J connectivity index is 1.88. The third kappa shape index (κ3) is 3.59. The molecule has 1 saturated heterocycles. The zero-order chi connectivity index (χ0) is 16.4. The molecule has 2 atom stereocenters. The van der Waals surface area contributed by atoms with Crippen molar-refractivity contribution in [3.63, 3.8) is 0 Å². The summed E-state index contributed by atoms with van der Waals surface area (Å²) in [6, 6.07) is 6.01. The highest BCUT2D eigenvalue weighted by Crippen LogP contribution is 2.27. The molecular weight excluding hydrogens is 315 g/mol. The van der Waals surface area contributed by atoms with Crippen LogP contribution < -0.4 is 4.90 Å². The second-order valence-corrected chi connectivity index (χ2v) is 6.79. The molecule has 0 unspecified atom stereocenters. The molecule has 0 bridgehead atoms. The first kappa shape index (κ1) is 16.1. The van der Waals surface area contributed by atoms with Gasteiger partial charge in [-0.3, -0.25) is 4.79 Å². The molecule has 1 aliphatic rings. The number of benzene rings is 1. The van der Waals surface area contributed by atoms with Gasteiger partial charge in [0, 0.05) is 17.7 Å². The first-order chi connectivity index (χ1) is 11.0. The molecule has 3 rings (SSSR count). The van der Waals surface area contributed by atoms with Crippen molar-refractivity contribution < 1.29 is 13.9 Å². The van der Waals surface area contributed by atoms with Crippen molar-refractivity contribution in [3.8, 4) is 0 Å². The van der Waals surface area contributed by atoms with E-state index in [0.29, 0.717) is 25.3 Å². The van der Waals surface area contributed by atoms with Crippen LogP contribution in [-0.2, 0) is 16.1 Å². The van der Waals surface area contributed by atoms with Crippen molar-refractivity contribution in [1.29, 1.82) is 0 Å². The van der Waals surface area contributed by atoms with E-state index in [1.807, 2.05) is 19.2 Å². The Morgan fingerprint density at radius 2 is 2.17 bits per heavy atom. The molecule has 0 radical (unpaired) electrons. The second kappa shape index (κ2) is 6.76. The summed E-state index contributed by atoms with van der Waals surface area (Å²) < 4.78 is 18.7. The molecule has 0 N–H and O–H groups in total. The first-order valence-electron chi connectivity index (χ1n) is 7.64. The van der Waals surface area contributed by atoms with Crippen LogP contribution in [0.3, 0.4) is 0 Å². The van der Waals surface area contributed by atoms with Gasteiger partial charge in [0.25, 0.3) is 0 Å². The van der Waals surface area contributed by atoms with E-state index in [9.17, 15) is 9.18 Å². The van der Waals surface area contributed by atoms with Gasteiger partial charge in [0.15, 0.2) is 0 Å². The van der Waals surface area contributed by atoms with E-state index >= 15 is 0 Å². The van der Waals surface area contributed by atoms with Gasteiger partial charge in [-0.25, -0.2) is 9.37 Å². The maximum atomic E-state index is 13.2. The van der Waals surface area contributed by atoms with Crippen molar-refractivity contribution >= 4 is 22.9 Å². The molecule has 1 fully saturated rings. The number of nitrogens with zero attached hydrogens (tertiary/aromatic N) is 2. The maximum Gasteiger partial charge on any atom is 0.233 e. The molecule has 1 aromatic carbocycles. The van der Waals surface area contributed by atoms with Gasteiger partial charge >= 0.3 is 0 Å². The molecule has 2 heterocycles. The summed E-state index contributed by atoms with van der Waals surface area (Å²) >= 11 is 1.55. The number of amides is 1. The number of anilines is 1. The lowest BCUT2D eigenvalue weighted by Gasteiger charge is -2.26. The van der Waals surface area contributed by atoms with Gasteiger partial charge in [-0.1, -0.05) is 0 Å². The summed E-state index contributed by atoms with van der Waals surface area (Å²) in [7, 11) is 0. The van der Waals surface area contributed by atoms with E-state index in [2.05, 4.69) is 4.98 Å². The van der Waals surface area contributed by atoms with E-state index in [1.54, 1.807) is 28.4 Å². The summed E-state index contributed by atoms with van der Waals surface area (Å²) in [5.74, 6) is -0.477. The number of hydrogen-bond acceptors (Lipinski definition) is 4. The summed E-state index contributed by atoms with van der Waals surface area (Å²) in [5.41, 5.74) is 1.53. The molecule has 1 aromatic heterocycles. The number of hydrogen-bond donors (Lipinski definition) is 0. The Kier molecular flexibility index (Phi) is 4.73. The zero-order valence-electron chi connectivity index (χ0n) is 13.2. The highest BCUT2D eigenvalue weighted by atomic mass is 32.1. The molecule has 0 spiro atoms. The standard InChI is InChI=1S/C17H19FN2O2S/c1-11-16(7-8-22-11)17(21)20(9-14-10-23-12(2)19-14)15-5-3-13(18)4-6-15/h3-6,10-11,16H,7-9H2,1-2H3/t11-,16-/m0/s1. The van der Waals surface area contributed by atoms with Crippen LogP contribution in [0.4, 0.5) is 10.1 Å². The third-order valence-corrected chi connectivity index (χ3v) is 4.91. The smallest absolute Gasteiger partial charge is 0.233 e. The zero-order valence-corrected chi connectivity index (χ0v) is 14.0. The lowest BCUT2D eigenvalue weighted by Crippen LogP contribution is -2.38. The van der Waals surface area contributed by atoms with E-state index in [1.165, 1.54) is 12.1 Å². The van der Waals surface area contributed by atoms with Crippen LogP contribution in [0.2, 0.25) is 0 Å². The number of carbonyl (C=O) groups is 1. The largest absolute Gasteiger partial charge is 0.378 e. The predicted octanol–water partition coefficient (Wildman–Crippen LogP) is 3.55. The Bertz CT molecular complexity index is 686. The van der Waals surface area contributed by atoms with E-state index in [4.69, 9.17) is 4.74 Å². The summed E-state index contributed by atoms with van der Waals surface area (Å²) in [6.07, 6.45) is 0.621. The number of rotatable bonds is 4. The fourth-order valence-corrected chi connectivity index (χ4v) is 3.42. The predicted molar refractivity (Wildman–Crippen MR) is 88.0 cm³/mol. The topological polar surface area (TPSA) is 42.4 Å². The summed E-state index contributed by atoms with van der Waals surface area (Å²) in [6.45, 7) is 4.85. The SMILES string of the molecule is Cc1nc(CN(C(=O)[C@H]2CCO[C@H]2C)c2ccc(F)cc2)cs1. The molecule has 0 aliphatic carbocycles. The van der Waals surface area contributed by atoms with Gasteiger partial charge in [-0.2, -0.15) is 0 Å². The lowest BCUT2D eigenvalue weighted by atomic mass is 10.0. The number of thiazole rings is 1. The lowest BCUT2D eigenvalue weighted by molar-refractivity contribution is -0.123. The average molecular weight is 334 g/mol. The minimum absolute atomic E-state index is 0.00672. The van der Waals surface area contributed by atoms with Gasteiger partial charge in [0.2, 0.25) is 5.91 Å². The van der Waals surface area contributed by atoms with Crippen molar-refractivity contribution in [2.24, 2.45) is 5.92 Å². The quantitative estimate of drug-likeness (QED) is 0.859. The molecule has 1 amide bonds. The van der Waals surface area contributed by atoms with E-state index in [0.717, 1.165) is 10.7 Å². The number of ether oxygens (including phenoxy) is 1. The van der Waals surface area contributed by atoms with Crippen molar-refractivity contribution in [2.75, 3.05) is 11.5 Å². The molecule has 4 nitrogen and oxygen atoms in total. The van der Waals surface area contributed by atoms with Crippen molar-refractivity contribution in [1.82, 2.24) is 4.98 Å². The molecule has 1 aliphatic heterocycles. The Labute approximate surface area is 138 Å². The van der Waals surface area contributed by atoms with Gasteiger partial charge in [-0.05, 0) is 44.5 Å². The molecule has 0 saturated carbocycles. The fourth-order valence-electron chi connectivity index (χ4n) is 2.82. The van der Waals surface area contributed by atoms with Crippen molar-refractivity contribution in [2.45, 2.75) is 32.9 Å². The highest BCUT2D eigenvalue weighted by molar-refractivity contribution is 7.09. The molecule has 2 aromatic rings. The highest BCUT2D eigenvalue weighted by Gasteiger charge is 2.34. The number of carbonyl (C=O) groups excluding carboxylic acids is 1. The first-order valence-corrected chi connectivity index (χ1v) is 8.52.